The van der Waals surface area contributed by atoms with Crippen LogP contribution in [0.15, 0.2) is 24.4 Å². The molecule has 0 aromatic carbocycles. The molecular formula is C12H15N3O3. The molecule has 18 heavy (non-hydrogen) atoms. The number of carboxylic acids is 1. The van der Waals surface area contributed by atoms with Gasteiger partial charge in [0.2, 0.25) is 5.91 Å². The number of hydrogen-bond donors (Lipinski definition) is 2. The van der Waals surface area contributed by atoms with Crippen LogP contribution >= 0.6 is 0 Å². The van der Waals surface area contributed by atoms with Crippen molar-refractivity contribution in [2.24, 2.45) is 0 Å². The Kier molecular flexibility index (Phi) is 5.01. The van der Waals surface area contributed by atoms with Crippen molar-refractivity contribution in [3.05, 3.63) is 30.0 Å². The third kappa shape index (κ3) is 5.22. The van der Waals surface area contributed by atoms with E-state index in [0.717, 1.165) is 6.08 Å². The molecule has 0 saturated heterocycles. The fraction of sp³-hybridized carbons (Fsp3) is 0.250. The highest BCUT2D eigenvalue weighted by atomic mass is 16.4. The average molecular weight is 249 g/mol. The topological polar surface area (TPSA) is 82.5 Å². The summed E-state index contributed by atoms with van der Waals surface area (Å²) in [5.41, 5.74) is 0.660. The zero-order valence-corrected chi connectivity index (χ0v) is 10.3. The standard InChI is InChI=1S/C12H15N3O3/c1-15(2)8-11(16)14-10-7-9(5-6-13-10)3-4-12(17)18/h3-7H,8H2,1-2H3,(H,17,18)(H,13,14,16)/b4-3+. The Balaban J connectivity index is 2.70. The summed E-state index contributed by atoms with van der Waals surface area (Å²) in [7, 11) is 3.58. The van der Waals surface area contributed by atoms with E-state index in [1.54, 1.807) is 31.1 Å². The molecule has 1 heterocycles. The van der Waals surface area contributed by atoms with Gasteiger partial charge in [-0.05, 0) is 37.9 Å². The average Bonchev–Trinajstić information content (AvgIpc) is 2.25. The highest BCUT2D eigenvalue weighted by Crippen LogP contribution is 2.08. The summed E-state index contributed by atoms with van der Waals surface area (Å²) in [6.07, 6.45) is 3.97. The lowest BCUT2D eigenvalue weighted by Gasteiger charge is -2.09. The molecule has 0 aliphatic rings. The molecule has 6 nitrogen and oxygen atoms in total. The first-order valence-electron chi connectivity index (χ1n) is 5.29. The van der Waals surface area contributed by atoms with E-state index >= 15 is 0 Å². The second-order valence-corrected chi connectivity index (χ2v) is 3.93. The fourth-order valence-corrected chi connectivity index (χ4v) is 1.26. The molecule has 6 heteroatoms. The second kappa shape index (κ2) is 6.51. The molecule has 0 saturated carbocycles. The molecule has 0 unspecified atom stereocenters. The lowest BCUT2D eigenvalue weighted by atomic mass is 10.2. The van der Waals surface area contributed by atoms with E-state index in [0.29, 0.717) is 11.4 Å². The van der Waals surface area contributed by atoms with Crippen LogP contribution in [0.25, 0.3) is 6.08 Å². The molecule has 1 aromatic heterocycles. The molecule has 0 aliphatic carbocycles. The van der Waals surface area contributed by atoms with Crippen LogP contribution < -0.4 is 5.32 Å². The fourth-order valence-electron chi connectivity index (χ4n) is 1.26. The number of hydrogen-bond acceptors (Lipinski definition) is 4. The van der Waals surface area contributed by atoms with Gasteiger partial charge in [0.15, 0.2) is 0 Å². The van der Waals surface area contributed by atoms with Gasteiger partial charge >= 0.3 is 5.97 Å². The normalized spacial score (nSPS) is 10.8. The quantitative estimate of drug-likeness (QED) is 0.750. The van der Waals surface area contributed by atoms with Gasteiger partial charge in [0.25, 0.3) is 0 Å². The van der Waals surface area contributed by atoms with Gasteiger partial charge in [-0.3, -0.25) is 4.79 Å². The van der Waals surface area contributed by atoms with Gasteiger partial charge in [-0.25, -0.2) is 9.78 Å². The minimum absolute atomic E-state index is 0.174. The Morgan fingerprint density at radius 2 is 2.22 bits per heavy atom. The van der Waals surface area contributed by atoms with Crippen LogP contribution in [-0.4, -0.2) is 47.5 Å². The van der Waals surface area contributed by atoms with Crippen LogP contribution in [0.2, 0.25) is 0 Å². The summed E-state index contributed by atoms with van der Waals surface area (Å²) in [6.45, 7) is 0.261. The summed E-state index contributed by atoms with van der Waals surface area (Å²) in [5, 5.41) is 11.1. The van der Waals surface area contributed by atoms with Crippen LogP contribution in [0.1, 0.15) is 5.56 Å². The molecule has 0 spiro atoms. The Hall–Kier alpha value is -2.21. The summed E-state index contributed by atoms with van der Waals surface area (Å²) >= 11 is 0. The minimum atomic E-state index is -1.02. The minimum Gasteiger partial charge on any atom is -0.478 e. The smallest absolute Gasteiger partial charge is 0.328 e. The number of nitrogens with zero attached hydrogens (tertiary/aromatic N) is 2. The molecule has 0 bridgehead atoms. The molecule has 1 amide bonds. The zero-order chi connectivity index (χ0) is 13.5. The molecule has 96 valence electrons. The zero-order valence-electron chi connectivity index (χ0n) is 10.3. The third-order valence-electron chi connectivity index (χ3n) is 1.93. The highest BCUT2D eigenvalue weighted by molar-refractivity contribution is 5.91. The highest BCUT2D eigenvalue weighted by Gasteiger charge is 2.04. The van der Waals surface area contributed by atoms with Crippen molar-refractivity contribution < 1.29 is 14.7 Å². The van der Waals surface area contributed by atoms with Crippen LogP contribution in [0, 0.1) is 0 Å². The van der Waals surface area contributed by atoms with E-state index in [9.17, 15) is 9.59 Å². The monoisotopic (exact) mass is 249 g/mol. The number of rotatable bonds is 5. The van der Waals surface area contributed by atoms with E-state index in [2.05, 4.69) is 10.3 Å². The van der Waals surface area contributed by atoms with Crippen LogP contribution in [0.3, 0.4) is 0 Å². The summed E-state index contributed by atoms with van der Waals surface area (Å²) < 4.78 is 0. The maximum atomic E-state index is 11.5. The number of anilines is 1. The molecule has 0 aliphatic heterocycles. The van der Waals surface area contributed by atoms with Gasteiger partial charge in [0.1, 0.15) is 5.82 Å². The van der Waals surface area contributed by atoms with Crippen molar-refractivity contribution in [3.8, 4) is 0 Å². The van der Waals surface area contributed by atoms with Gasteiger partial charge in [-0.1, -0.05) is 0 Å². The molecule has 2 N–H and O–H groups in total. The maximum absolute atomic E-state index is 11.5. The van der Waals surface area contributed by atoms with E-state index in [1.807, 2.05) is 0 Å². The maximum Gasteiger partial charge on any atom is 0.328 e. The lowest BCUT2D eigenvalue weighted by molar-refractivity contribution is -0.131. The van der Waals surface area contributed by atoms with Gasteiger partial charge in [0.05, 0.1) is 6.54 Å². The van der Waals surface area contributed by atoms with E-state index in [4.69, 9.17) is 5.11 Å². The molecule has 0 atom stereocenters. The molecule has 1 aromatic rings. The molecular weight excluding hydrogens is 234 g/mol. The molecule has 0 radical (unpaired) electrons. The first-order chi connectivity index (χ1) is 8.47. The van der Waals surface area contributed by atoms with Crippen LogP contribution in [0.5, 0.6) is 0 Å². The van der Waals surface area contributed by atoms with Crippen molar-refractivity contribution in [3.63, 3.8) is 0 Å². The predicted octanol–water partition coefficient (Wildman–Crippen LogP) is 0.679. The number of amides is 1. The number of likely N-dealkylation sites (N-methyl/N-ethyl adjacent to an activating group) is 1. The third-order valence-corrected chi connectivity index (χ3v) is 1.93. The first kappa shape index (κ1) is 13.9. The van der Waals surface area contributed by atoms with Gasteiger partial charge in [0, 0.05) is 12.3 Å². The first-order valence-corrected chi connectivity index (χ1v) is 5.29. The van der Waals surface area contributed by atoms with Crippen molar-refractivity contribution in [1.29, 1.82) is 0 Å². The predicted molar refractivity (Wildman–Crippen MR) is 68.1 cm³/mol. The molecule has 0 fully saturated rings. The van der Waals surface area contributed by atoms with Crippen molar-refractivity contribution in [1.82, 2.24) is 9.88 Å². The van der Waals surface area contributed by atoms with Gasteiger partial charge in [-0.15, -0.1) is 0 Å². The molecule has 1 rings (SSSR count). The summed E-state index contributed by atoms with van der Waals surface area (Å²) in [6, 6.07) is 3.26. The number of aliphatic carboxylic acids is 1. The Morgan fingerprint density at radius 1 is 1.50 bits per heavy atom. The Labute approximate surface area is 105 Å². The van der Waals surface area contributed by atoms with Crippen molar-refractivity contribution in [2.45, 2.75) is 0 Å². The number of nitrogens with one attached hydrogen (secondary N) is 1. The SMILES string of the molecule is CN(C)CC(=O)Nc1cc(/C=C/C(=O)O)ccn1. The Bertz CT molecular complexity index is 469. The number of aromatic nitrogens is 1. The largest absolute Gasteiger partial charge is 0.478 e. The van der Waals surface area contributed by atoms with Crippen LogP contribution in [0.4, 0.5) is 5.82 Å². The van der Waals surface area contributed by atoms with Gasteiger partial charge < -0.3 is 15.3 Å². The van der Waals surface area contributed by atoms with E-state index < -0.39 is 5.97 Å². The second-order valence-electron chi connectivity index (χ2n) is 3.93. The summed E-state index contributed by atoms with van der Waals surface area (Å²) in [5.74, 6) is -0.800. The van der Waals surface area contributed by atoms with Crippen molar-refractivity contribution >= 4 is 23.8 Å². The number of carbonyl (C=O) groups is 2. The van der Waals surface area contributed by atoms with Crippen molar-refractivity contribution in [2.75, 3.05) is 26.0 Å². The van der Waals surface area contributed by atoms with E-state index in [1.165, 1.54) is 12.3 Å². The van der Waals surface area contributed by atoms with Gasteiger partial charge in [-0.2, -0.15) is 0 Å². The summed E-state index contributed by atoms with van der Waals surface area (Å²) in [4.78, 5) is 27.6. The Morgan fingerprint density at radius 3 is 2.83 bits per heavy atom. The number of pyridine rings is 1. The van der Waals surface area contributed by atoms with Crippen LogP contribution in [-0.2, 0) is 9.59 Å². The lowest BCUT2D eigenvalue weighted by Crippen LogP contribution is -2.27. The number of carbonyl (C=O) groups excluding carboxylic acids is 1. The van der Waals surface area contributed by atoms with E-state index in [-0.39, 0.29) is 12.5 Å². The number of carboxylic acid groups (broad SMARTS) is 1.